The van der Waals surface area contributed by atoms with Crippen molar-refractivity contribution >= 4 is 22.5 Å². The van der Waals surface area contributed by atoms with Gasteiger partial charge in [-0.25, -0.2) is 4.98 Å². The van der Waals surface area contributed by atoms with Crippen molar-refractivity contribution in [3.05, 3.63) is 90.0 Å². The number of hydrogen-bond donors (Lipinski definition) is 1. The number of pyridine rings is 1. The van der Waals surface area contributed by atoms with Gasteiger partial charge in [0.1, 0.15) is 5.75 Å². The maximum absolute atomic E-state index is 12.7. The van der Waals surface area contributed by atoms with E-state index in [9.17, 15) is 4.79 Å². The number of carbonyl (C=O) groups excluding carboxylic acids is 1. The van der Waals surface area contributed by atoms with Gasteiger partial charge in [-0.15, -0.1) is 0 Å². The van der Waals surface area contributed by atoms with Gasteiger partial charge in [0.2, 0.25) is 0 Å². The Morgan fingerprint density at radius 1 is 0.966 bits per heavy atom. The summed E-state index contributed by atoms with van der Waals surface area (Å²) in [6, 6.07) is 25.2. The van der Waals surface area contributed by atoms with E-state index < -0.39 is 0 Å². The highest BCUT2D eigenvalue weighted by Gasteiger charge is 2.13. The Morgan fingerprint density at radius 2 is 1.72 bits per heavy atom. The number of ether oxygens (including phenoxy) is 1. The maximum Gasteiger partial charge on any atom is 0.255 e. The van der Waals surface area contributed by atoms with E-state index >= 15 is 0 Å². The van der Waals surface area contributed by atoms with Crippen molar-refractivity contribution in [2.45, 2.75) is 13.8 Å². The SMILES string of the molecule is CCOc1cc(-c2ccccc2)nc2ccc(C(=O)Nc3ccc(C)cc3)cc12. The molecule has 1 N–H and O–H groups in total. The van der Waals surface area contributed by atoms with Crippen molar-refractivity contribution in [3.8, 4) is 17.0 Å². The Bertz CT molecular complexity index is 1150. The van der Waals surface area contributed by atoms with Crippen LogP contribution < -0.4 is 10.1 Å². The lowest BCUT2D eigenvalue weighted by Gasteiger charge is -2.12. The maximum atomic E-state index is 12.7. The van der Waals surface area contributed by atoms with Gasteiger partial charge in [0.05, 0.1) is 17.8 Å². The van der Waals surface area contributed by atoms with Crippen molar-refractivity contribution < 1.29 is 9.53 Å². The molecule has 3 aromatic carbocycles. The zero-order chi connectivity index (χ0) is 20.2. The van der Waals surface area contributed by atoms with Crippen LogP contribution in [0.3, 0.4) is 0 Å². The van der Waals surface area contributed by atoms with Crippen molar-refractivity contribution in [3.63, 3.8) is 0 Å². The predicted octanol–water partition coefficient (Wildman–Crippen LogP) is 5.86. The predicted molar refractivity (Wildman–Crippen MR) is 117 cm³/mol. The van der Waals surface area contributed by atoms with Crippen LogP contribution in [0, 0.1) is 6.92 Å². The summed E-state index contributed by atoms with van der Waals surface area (Å²) in [5, 5.41) is 3.76. The minimum atomic E-state index is -0.162. The third kappa shape index (κ3) is 4.11. The smallest absolute Gasteiger partial charge is 0.255 e. The van der Waals surface area contributed by atoms with Gasteiger partial charge in [0.25, 0.3) is 5.91 Å². The van der Waals surface area contributed by atoms with Crippen molar-refractivity contribution in [1.29, 1.82) is 0 Å². The van der Waals surface area contributed by atoms with Crippen LogP contribution in [0.4, 0.5) is 5.69 Å². The lowest BCUT2D eigenvalue weighted by molar-refractivity contribution is 0.102. The van der Waals surface area contributed by atoms with E-state index in [0.717, 1.165) is 39.2 Å². The molecule has 0 saturated heterocycles. The minimum absolute atomic E-state index is 0.162. The van der Waals surface area contributed by atoms with E-state index in [4.69, 9.17) is 9.72 Å². The standard InChI is InChI=1S/C25H22N2O2/c1-3-29-24-16-23(18-7-5-4-6-8-18)27-22-14-11-19(15-21(22)24)25(28)26-20-12-9-17(2)10-13-20/h4-16H,3H2,1-2H3,(H,26,28). The van der Waals surface area contributed by atoms with Gasteiger partial charge in [-0.1, -0.05) is 48.0 Å². The number of nitrogens with one attached hydrogen (secondary N) is 1. The third-order valence-electron chi connectivity index (χ3n) is 4.71. The molecule has 1 aromatic heterocycles. The molecule has 0 unspecified atom stereocenters. The topological polar surface area (TPSA) is 51.2 Å². The second kappa shape index (κ2) is 8.15. The summed E-state index contributed by atoms with van der Waals surface area (Å²) in [4.78, 5) is 17.5. The number of rotatable bonds is 5. The summed E-state index contributed by atoms with van der Waals surface area (Å²) in [6.07, 6.45) is 0. The summed E-state index contributed by atoms with van der Waals surface area (Å²) < 4.78 is 5.88. The highest BCUT2D eigenvalue weighted by Crippen LogP contribution is 2.31. The van der Waals surface area contributed by atoms with Crippen LogP contribution in [-0.4, -0.2) is 17.5 Å². The molecule has 0 atom stereocenters. The van der Waals surface area contributed by atoms with Gasteiger partial charge < -0.3 is 10.1 Å². The highest BCUT2D eigenvalue weighted by molar-refractivity contribution is 6.07. The van der Waals surface area contributed by atoms with E-state index in [1.165, 1.54) is 0 Å². The van der Waals surface area contributed by atoms with Gasteiger partial charge in [-0.3, -0.25) is 4.79 Å². The fourth-order valence-electron chi connectivity index (χ4n) is 3.21. The van der Waals surface area contributed by atoms with Gasteiger partial charge in [0.15, 0.2) is 0 Å². The van der Waals surface area contributed by atoms with E-state index in [0.29, 0.717) is 12.2 Å². The summed E-state index contributed by atoms with van der Waals surface area (Å²) in [7, 11) is 0. The Labute approximate surface area is 170 Å². The molecule has 0 aliphatic carbocycles. The molecule has 0 aliphatic heterocycles. The monoisotopic (exact) mass is 382 g/mol. The number of hydrogen-bond acceptors (Lipinski definition) is 3. The van der Waals surface area contributed by atoms with Crippen LogP contribution in [0.25, 0.3) is 22.2 Å². The first-order valence-corrected chi connectivity index (χ1v) is 9.65. The molecule has 4 nitrogen and oxygen atoms in total. The van der Waals surface area contributed by atoms with Crippen LogP contribution in [0.5, 0.6) is 5.75 Å². The van der Waals surface area contributed by atoms with Gasteiger partial charge in [-0.2, -0.15) is 0 Å². The van der Waals surface area contributed by atoms with Crippen molar-refractivity contribution in [1.82, 2.24) is 4.98 Å². The number of aryl methyl sites for hydroxylation is 1. The Hall–Kier alpha value is -3.66. The normalized spacial score (nSPS) is 10.7. The molecule has 0 radical (unpaired) electrons. The van der Waals surface area contributed by atoms with Gasteiger partial charge >= 0.3 is 0 Å². The lowest BCUT2D eigenvalue weighted by Crippen LogP contribution is -2.11. The van der Waals surface area contributed by atoms with E-state index in [1.54, 1.807) is 6.07 Å². The zero-order valence-corrected chi connectivity index (χ0v) is 16.5. The first-order chi connectivity index (χ1) is 14.1. The first kappa shape index (κ1) is 18.7. The quantitative estimate of drug-likeness (QED) is 0.470. The summed E-state index contributed by atoms with van der Waals surface area (Å²) in [5.41, 5.74) is 5.14. The summed E-state index contributed by atoms with van der Waals surface area (Å²) >= 11 is 0. The number of anilines is 1. The summed E-state index contributed by atoms with van der Waals surface area (Å²) in [5.74, 6) is 0.562. The number of benzene rings is 3. The molecule has 4 rings (SSSR count). The van der Waals surface area contributed by atoms with E-state index in [-0.39, 0.29) is 5.91 Å². The van der Waals surface area contributed by atoms with Gasteiger partial charge in [-0.05, 0) is 44.2 Å². The lowest BCUT2D eigenvalue weighted by atomic mass is 10.1. The second-order valence-electron chi connectivity index (χ2n) is 6.86. The molecule has 29 heavy (non-hydrogen) atoms. The molecule has 0 saturated carbocycles. The Morgan fingerprint density at radius 3 is 2.45 bits per heavy atom. The number of amides is 1. The van der Waals surface area contributed by atoms with Crippen molar-refractivity contribution in [2.75, 3.05) is 11.9 Å². The van der Waals surface area contributed by atoms with Crippen LogP contribution >= 0.6 is 0 Å². The van der Waals surface area contributed by atoms with Gasteiger partial charge in [0, 0.05) is 28.3 Å². The zero-order valence-electron chi connectivity index (χ0n) is 16.5. The fourth-order valence-corrected chi connectivity index (χ4v) is 3.21. The van der Waals surface area contributed by atoms with E-state index in [1.807, 2.05) is 86.6 Å². The molecule has 0 fully saturated rings. The average molecular weight is 382 g/mol. The molecule has 1 heterocycles. The molecule has 0 aliphatic rings. The number of nitrogens with zero attached hydrogens (tertiary/aromatic N) is 1. The molecule has 144 valence electrons. The highest BCUT2D eigenvalue weighted by atomic mass is 16.5. The van der Waals surface area contributed by atoms with Crippen LogP contribution in [-0.2, 0) is 0 Å². The Kier molecular flexibility index (Phi) is 5.25. The van der Waals surface area contributed by atoms with Crippen LogP contribution in [0.2, 0.25) is 0 Å². The minimum Gasteiger partial charge on any atom is -0.493 e. The van der Waals surface area contributed by atoms with Crippen LogP contribution in [0.15, 0.2) is 78.9 Å². The number of carbonyl (C=O) groups is 1. The molecule has 0 spiro atoms. The molecule has 4 aromatic rings. The molecule has 4 heteroatoms. The summed E-state index contributed by atoms with van der Waals surface area (Å²) in [6.45, 7) is 4.50. The number of fused-ring (bicyclic) bond motifs is 1. The first-order valence-electron chi connectivity index (χ1n) is 9.65. The molecule has 1 amide bonds. The Balaban J connectivity index is 1.71. The second-order valence-corrected chi connectivity index (χ2v) is 6.86. The number of aromatic nitrogens is 1. The molecular formula is C25H22N2O2. The molecular weight excluding hydrogens is 360 g/mol. The van der Waals surface area contributed by atoms with E-state index in [2.05, 4.69) is 5.32 Å². The average Bonchev–Trinajstić information content (AvgIpc) is 2.76. The fraction of sp³-hybridized carbons (Fsp3) is 0.120. The van der Waals surface area contributed by atoms with Crippen LogP contribution in [0.1, 0.15) is 22.8 Å². The largest absolute Gasteiger partial charge is 0.493 e. The third-order valence-corrected chi connectivity index (χ3v) is 4.71. The molecule has 0 bridgehead atoms. The van der Waals surface area contributed by atoms with Crippen molar-refractivity contribution in [2.24, 2.45) is 0 Å².